The molecule has 116 valence electrons. The number of hydrogen-bond acceptors (Lipinski definition) is 3. The number of benzene rings is 1. The number of anilines is 1. The van der Waals surface area contributed by atoms with Gasteiger partial charge >= 0.3 is 0 Å². The van der Waals surface area contributed by atoms with E-state index in [2.05, 4.69) is 10.2 Å². The second kappa shape index (κ2) is 6.85. The maximum atomic E-state index is 13.5. The summed E-state index contributed by atoms with van der Waals surface area (Å²) >= 11 is 0. The van der Waals surface area contributed by atoms with Crippen molar-refractivity contribution >= 4 is 11.6 Å². The van der Waals surface area contributed by atoms with Crippen LogP contribution in [-0.2, 0) is 0 Å². The van der Waals surface area contributed by atoms with Crippen molar-refractivity contribution in [3.05, 3.63) is 29.3 Å². The van der Waals surface area contributed by atoms with Crippen molar-refractivity contribution in [2.75, 3.05) is 25.9 Å². The number of nitrogens with zero attached hydrogens (tertiary/aromatic N) is 1. The predicted octanol–water partition coefficient (Wildman–Crippen LogP) is 2.15. The van der Waals surface area contributed by atoms with E-state index in [-0.39, 0.29) is 11.3 Å². The molecular formula is C15H21F2N3O. The molecule has 1 aliphatic carbocycles. The van der Waals surface area contributed by atoms with Crippen LogP contribution in [0.1, 0.15) is 36.0 Å². The van der Waals surface area contributed by atoms with Gasteiger partial charge in [0.25, 0.3) is 5.91 Å². The standard InChI is InChI=1S/C15H21F2N3O/c1-20(10-4-2-3-5-10)7-6-19-15(21)11-8-14(18)13(17)9-12(11)16/h8-10H,2-7,18H2,1H3,(H,19,21). The molecule has 2 rings (SSSR count). The lowest BCUT2D eigenvalue weighted by Gasteiger charge is -2.23. The summed E-state index contributed by atoms with van der Waals surface area (Å²) in [6, 6.07) is 2.23. The molecule has 0 aliphatic heterocycles. The van der Waals surface area contributed by atoms with Crippen LogP contribution in [0.5, 0.6) is 0 Å². The lowest BCUT2D eigenvalue weighted by atomic mass is 10.1. The van der Waals surface area contributed by atoms with E-state index in [0.717, 1.165) is 6.07 Å². The molecule has 1 aliphatic rings. The van der Waals surface area contributed by atoms with E-state index >= 15 is 0 Å². The minimum absolute atomic E-state index is 0.225. The van der Waals surface area contributed by atoms with Gasteiger partial charge in [0.15, 0.2) is 0 Å². The monoisotopic (exact) mass is 297 g/mol. The average molecular weight is 297 g/mol. The van der Waals surface area contributed by atoms with Crippen molar-refractivity contribution in [3.8, 4) is 0 Å². The molecular weight excluding hydrogens is 276 g/mol. The summed E-state index contributed by atoms with van der Waals surface area (Å²) in [4.78, 5) is 14.1. The van der Waals surface area contributed by atoms with Crippen LogP contribution >= 0.6 is 0 Å². The average Bonchev–Trinajstić information content (AvgIpc) is 2.96. The molecule has 0 radical (unpaired) electrons. The maximum Gasteiger partial charge on any atom is 0.254 e. The van der Waals surface area contributed by atoms with E-state index < -0.39 is 17.5 Å². The summed E-state index contributed by atoms with van der Waals surface area (Å²) < 4.78 is 26.6. The summed E-state index contributed by atoms with van der Waals surface area (Å²) in [6.45, 7) is 1.12. The smallest absolute Gasteiger partial charge is 0.254 e. The van der Waals surface area contributed by atoms with Gasteiger partial charge in [-0.25, -0.2) is 8.78 Å². The van der Waals surface area contributed by atoms with Crippen molar-refractivity contribution in [3.63, 3.8) is 0 Å². The number of carbonyl (C=O) groups is 1. The third-order valence-electron chi connectivity index (χ3n) is 4.03. The van der Waals surface area contributed by atoms with Gasteiger partial charge in [-0.05, 0) is 26.0 Å². The van der Waals surface area contributed by atoms with Gasteiger partial charge < -0.3 is 16.0 Å². The van der Waals surface area contributed by atoms with Gasteiger partial charge in [0, 0.05) is 25.2 Å². The molecule has 1 fully saturated rings. The van der Waals surface area contributed by atoms with Crippen LogP contribution in [0.2, 0.25) is 0 Å². The lowest BCUT2D eigenvalue weighted by Crippen LogP contribution is -2.37. The van der Waals surface area contributed by atoms with Crippen LogP contribution in [0.4, 0.5) is 14.5 Å². The van der Waals surface area contributed by atoms with E-state index in [1.165, 1.54) is 25.7 Å². The highest BCUT2D eigenvalue weighted by molar-refractivity contribution is 5.95. The van der Waals surface area contributed by atoms with Crippen LogP contribution in [-0.4, -0.2) is 37.0 Å². The van der Waals surface area contributed by atoms with Gasteiger partial charge in [0.1, 0.15) is 11.6 Å². The number of nitrogens with two attached hydrogens (primary N) is 1. The van der Waals surface area contributed by atoms with E-state index in [0.29, 0.717) is 25.2 Å². The number of halogens is 2. The van der Waals surface area contributed by atoms with E-state index in [4.69, 9.17) is 5.73 Å². The molecule has 0 bridgehead atoms. The zero-order chi connectivity index (χ0) is 15.4. The first-order valence-corrected chi connectivity index (χ1v) is 7.22. The van der Waals surface area contributed by atoms with Crippen molar-refractivity contribution < 1.29 is 13.6 Å². The molecule has 1 amide bonds. The van der Waals surface area contributed by atoms with Gasteiger partial charge in [0.05, 0.1) is 11.3 Å². The Bertz CT molecular complexity index is 516. The lowest BCUT2D eigenvalue weighted by molar-refractivity contribution is 0.0943. The van der Waals surface area contributed by atoms with Crippen molar-refractivity contribution in [1.82, 2.24) is 10.2 Å². The van der Waals surface area contributed by atoms with Crippen molar-refractivity contribution in [2.45, 2.75) is 31.7 Å². The first-order chi connectivity index (χ1) is 9.99. The molecule has 1 aromatic carbocycles. The first kappa shape index (κ1) is 15.7. The quantitative estimate of drug-likeness (QED) is 0.819. The number of nitrogen functional groups attached to an aromatic ring is 1. The molecule has 0 aromatic heterocycles. The van der Waals surface area contributed by atoms with Gasteiger partial charge in [-0.15, -0.1) is 0 Å². The number of hydrogen-bond donors (Lipinski definition) is 2. The Morgan fingerprint density at radius 2 is 2.00 bits per heavy atom. The minimum atomic E-state index is -0.900. The number of rotatable bonds is 5. The summed E-state index contributed by atoms with van der Waals surface area (Å²) in [6.07, 6.45) is 4.88. The van der Waals surface area contributed by atoms with Gasteiger partial charge in [-0.2, -0.15) is 0 Å². The molecule has 3 N–H and O–H groups in total. The first-order valence-electron chi connectivity index (χ1n) is 7.22. The third-order valence-corrected chi connectivity index (χ3v) is 4.03. The highest BCUT2D eigenvalue weighted by Gasteiger charge is 2.19. The fourth-order valence-corrected chi connectivity index (χ4v) is 2.71. The fourth-order valence-electron chi connectivity index (χ4n) is 2.71. The molecule has 21 heavy (non-hydrogen) atoms. The Labute approximate surface area is 123 Å². The molecule has 0 unspecified atom stereocenters. The summed E-state index contributed by atoms with van der Waals surface area (Å²) in [5.74, 6) is -2.33. The van der Waals surface area contributed by atoms with Crippen LogP contribution in [0.15, 0.2) is 12.1 Å². The fraction of sp³-hybridized carbons (Fsp3) is 0.533. The van der Waals surface area contributed by atoms with E-state index in [1.807, 2.05) is 7.05 Å². The topological polar surface area (TPSA) is 58.4 Å². The molecule has 1 aromatic rings. The van der Waals surface area contributed by atoms with Gasteiger partial charge in [-0.1, -0.05) is 12.8 Å². The van der Waals surface area contributed by atoms with Crippen LogP contribution in [0, 0.1) is 11.6 Å². The minimum Gasteiger partial charge on any atom is -0.396 e. The van der Waals surface area contributed by atoms with Gasteiger partial charge in [-0.3, -0.25) is 4.79 Å². The SMILES string of the molecule is CN(CCNC(=O)c1cc(N)c(F)cc1F)C1CCCC1. The molecule has 6 heteroatoms. The normalized spacial score (nSPS) is 15.6. The molecule has 0 atom stereocenters. The maximum absolute atomic E-state index is 13.5. The molecule has 0 saturated heterocycles. The summed E-state index contributed by atoms with van der Waals surface area (Å²) in [7, 11) is 2.03. The number of likely N-dealkylation sites (N-methyl/N-ethyl adjacent to an activating group) is 1. The van der Waals surface area contributed by atoms with E-state index in [9.17, 15) is 13.6 Å². The molecule has 4 nitrogen and oxygen atoms in total. The highest BCUT2D eigenvalue weighted by Crippen LogP contribution is 2.22. The van der Waals surface area contributed by atoms with Gasteiger partial charge in [0.2, 0.25) is 0 Å². The Morgan fingerprint density at radius 1 is 1.33 bits per heavy atom. The molecule has 0 spiro atoms. The highest BCUT2D eigenvalue weighted by atomic mass is 19.1. The zero-order valence-corrected chi connectivity index (χ0v) is 12.2. The summed E-state index contributed by atoms with van der Waals surface area (Å²) in [5.41, 5.74) is 4.90. The van der Waals surface area contributed by atoms with Crippen molar-refractivity contribution in [1.29, 1.82) is 0 Å². The molecule has 1 saturated carbocycles. The van der Waals surface area contributed by atoms with Crippen LogP contribution in [0.25, 0.3) is 0 Å². The van der Waals surface area contributed by atoms with Crippen molar-refractivity contribution in [2.24, 2.45) is 0 Å². The largest absolute Gasteiger partial charge is 0.396 e. The van der Waals surface area contributed by atoms with Crippen LogP contribution in [0.3, 0.4) is 0 Å². The Morgan fingerprint density at radius 3 is 2.67 bits per heavy atom. The third kappa shape index (κ3) is 3.91. The number of amides is 1. The Kier molecular flexibility index (Phi) is 5.12. The predicted molar refractivity (Wildman–Crippen MR) is 78.0 cm³/mol. The second-order valence-electron chi connectivity index (χ2n) is 5.53. The van der Waals surface area contributed by atoms with Crippen LogP contribution < -0.4 is 11.1 Å². The Balaban J connectivity index is 1.85. The summed E-state index contributed by atoms with van der Waals surface area (Å²) in [5, 5.41) is 2.64. The number of carbonyl (C=O) groups excluding carboxylic acids is 1. The van der Waals surface area contributed by atoms with E-state index in [1.54, 1.807) is 0 Å². The zero-order valence-electron chi connectivity index (χ0n) is 12.2. The second-order valence-corrected chi connectivity index (χ2v) is 5.53. The molecule has 0 heterocycles. The Hall–Kier alpha value is -1.69. The number of nitrogens with one attached hydrogen (secondary N) is 1.